The molecule has 0 aliphatic rings. The molecule has 0 saturated heterocycles. The van der Waals surface area contributed by atoms with E-state index in [0.717, 1.165) is 0 Å². The summed E-state index contributed by atoms with van der Waals surface area (Å²) in [5.41, 5.74) is 0.961. The van der Waals surface area contributed by atoms with Crippen LogP contribution in [0.1, 0.15) is 21.5 Å². The number of halogens is 6. The van der Waals surface area contributed by atoms with Crippen LogP contribution in [-0.4, -0.2) is 15.7 Å². The van der Waals surface area contributed by atoms with E-state index in [2.05, 4.69) is 10.4 Å². The summed E-state index contributed by atoms with van der Waals surface area (Å²) in [6, 6.07) is 11.9. The molecule has 0 bridgehead atoms. The quantitative estimate of drug-likeness (QED) is 0.242. The van der Waals surface area contributed by atoms with Crippen molar-refractivity contribution in [1.82, 2.24) is 9.78 Å². The first kappa shape index (κ1) is 24.2. The Morgan fingerprint density at radius 3 is 2.26 bits per heavy atom. The third-order valence-corrected chi connectivity index (χ3v) is 5.19. The maximum Gasteiger partial charge on any atom is 0.256 e. The van der Waals surface area contributed by atoms with Gasteiger partial charge in [-0.15, -0.1) is 0 Å². The Hall–Kier alpha value is -3.92. The van der Waals surface area contributed by atoms with Crippen LogP contribution in [0.15, 0.2) is 60.8 Å². The minimum absolute atomic E-state index is 0.0690. The lowest BCUT2D eigenvalue weighted by atomic mass is 10.1. The summed E-state index contributed by atoms with van der Waals surface area (Å²) < 4.78 is 74.1. The molecule has 180 valence electrons. The minimum Gasteiger partial charge on any atom is -0.483 e. The van der Waals surface area contributed by atoms with Gasteiger partial charge in [-0.05, 0) is 23.8 Å². The Balaban J connectivity index is 1.40. The first-order chi connectivity index (χ1) is 16.7. The van der Waals surface area contributed by atoms with Gasteiger partial charge in [0.15, 0.2) is 23.2 Å². The highest BCUT2D eigenvalue weighted by atomic mass is 35.5. The zero-order valence-electron chi connectivity index (χ0n) is 17.7. The molecule has 4 aromatic rings. The minimum atomic E-state index is -1.65. The molecule has 4 rings (SSSR count). The Bertz CT molecular complexity index is 1370. The van der Waals surface area contributed by atoms with Crippen LogP contribution in [0.5, 0.6) is 5.75 Å². The molecule has 0 aliphatic heterocycles. The SMILES string of the molecule is O=C(Nc1nn(Cc2ccccc2F)cc1Cl)c1ccc(COc2c(F)c(F)cc(F)c2F)cc1. The highest BCUT2D eigenvalue weighted by Gasteiger charge is 2.21. The van der Waals surface area contributed by atoms with Gasteiger partial charge < -0.3 is 10.1 Å². The van der Waals surface area contributed by atoms with E-state index in [-0.39, 0.29) is 29.0 Å². The van der Waals surface area contributed by atoms with E-state index >= 15 is 0 Å². The standard InChI is InChI=1S/C24H15ClF5N3O2/c25-16-11-33(10-15-3-1-2-4-17(15)26)32-23(16)31-24(34)14-7-5-13(6-8-14)12-35-22-20(29)18(27)9-19(28)21(22)30/h1-9,11H,10,12H2,(H,31,32,34). The summed E-state index contributed by atoms with van der Waals surface area (Å²) in [6.45, 7) is -0.307. The third-order valence-electron chi connectivity index (χ3n) is 4.91. The molecule has 0 fully saturated rings. The van der Waals surface area contributed by atoms with Gasteiger partial charge in [0.2, 0.25) is 11.6 Å². The first-order valence-corrected chi connectivity index (χ1v) is 10.4. The second-order valence-corrected chi connectivity index (χ2v) is 7.76. The Labute approximate surface area is 200 Å². The average molecular weight is 508 g/mol. The fourth-order valence-electron chi connectivity index (χ4n) is 3.13. The predicted molar refractivity (Wildman–Crippen MR) is 118 cm³/mol. The summed E-state index contributed by atoms with van der Waals surface area (Å²) in [4.78, 5) is 12.6. The number of anilines is 1. The number of rotatable bonds is 7. The van der Waals surface area contributed by atoms with Crippen LogP contribution in [0, 0.1) is 29.1 Å². The van der Waals surface area contributed by atoms with Gasteiger partial charge in [0, 0.05) is 23.4 Å². The molecular formula is C24H15ClF5N3O2. The van der Waals surface area contributed by atoms with E-state index in [4.69, 9.17) is 16.3 Å². The molecule has 1 aromatic heterocycles. The molecule has 1 N–H and O–H groups in total. The van der Waals surface area contributed by atoms with Crippen LogP contribution in [0.4, 0.5) is 27.8 Å². The van der Waals surface area contributed by atoms with Crippen molar-refractivity contribution in [2.75, 3.05) is 5.32 Å². The van der Waals surface area contributed by atoms with Gasteiger partial charge in [-0.25, -0.2) is 13.2 Å². The number of nitrogens with zero attached hydrogens (tertiary/aromatic N) is 2. The van der Waals surface area contributed by atoms with Crippen LogP contribution in [0.25, 0.3) is 0 Å². The fraction of sp³-hybridized carbons (Fsp3) is 0.0833. The van der Waals surface area contributed by atoms with Gasteiger partial charge in [0.05, 0.1) is 6.54 Å². The van der Waals surface area contributed by atoms with E-state index in [1.165, 1.54) is 41.2 Å². The second kappa shape index (κ2) is 10.1. The Morgan fingerprint density at radius 2 is 1.60 bits per heavy atom. The van der Waals surface area contributed by atoms with Crippen LogP contribution in [-0.2, 0) is 13.2 Å². The smallest absolute Gasteiger partial charge is 0.256 e. The molecule has 0 saturated carbocycles. The maximum absolute atomic E-state index is 13.8. The van der Waals surface area contributed by atoms with Gasteiger partial charge in [0.25, 0.3) is 5.91 Å². The van der Waals surface area contributed by atoms with Gasteiger partial charge in [-0.1, -0.05) is 41.9 Å². The molecule has 0 aliphatic carbocycles. The van der Waals surface area contributed by atoms with Crippen molar-refractivity contribution in [3.63, 3.8) is 0 Å². The lowest BCUT2D eigenvalue weighted by Gasteiger charge is -2.10. The van der Waals surface area contributed by atoms with Crippen LogP contribution in [0.2, 0.25) is 5.02 Å². The molecule has 5 nitrogen and oxygen atoms in total. The topological polar surface area (TPSA) is 56.2 Å². The van der Waals surface area contributed by atoms with Gasteiger partial charge >= 0.3 is 0 Å². The molecule has 35 heavy (non-hydrogen) atoms. The number of aromatic nitrogens is 2. The van der Waals surface area contributed by atoms with Gasteiger partial charge in [0.1, 0.15) is 17.4 Å². The number of hydrogen-bond donors (Lipinski definition) is 1. The molecule has 1 heterocycles. The number of amides is 1. The highest BCUT2D eigenvalue weighted by molar-refractivity contribution is 6.33. The van der Waals surface area contributed by atoms with Crippen LogP contribution >= 0.6 is 11.6 Å². The normalized spacial score (nSPS) is 10.9. The number of hydrogen-bond acceptors (Lipinski definition) is 3. The molecular weight excluding hydrogens is 493 g/mol. The fourth-order valence-corrected chi connectivity index (χ4v) is 3.33. The molecule has 3 aromatic carbocycles. The molecule has 0 spiro atoms. The van der Waals surface area contributed by atoms with E-state index in [9.17, 15) is 26.7 Å². The largest absolute Gasteiger partial charge is 0.483 e. The van der Waals surface area contributed by atoms with Crippen molar-refractivity contribution < 1.29 is 31.5 Å². The number of benzene rings is 3. The molecule has 1 amide bonds. The number of ether oxygens (including phenoxy) is 1. The van der Waals surface area contributed by atoms with Gasteiger partial charge in [-0.3, -0.25) is 9.48 Å². The third kappa shape index (κ3) is 5.43. The molecule has 0 radical (unpaired) electrons. The van der Waals surface area contributed by atoms with Gasteiger partial charge in [-0.2, -0.15) is 13.9 Å². The monoisotopic (exact) mass is 507 g/mol. The van der Waals surface area contributed by atoms with Crippen LogP contribution in [0.3, 0.4) is 0 Å². The average Bonchev–Trinajstić information content (AvgIpc) is 3.18. The number of nitrogens with one attached hydrogen (secondary N) is 1. The summed E-state index contributed by atoms with van der Waals surface area (Å²) in [5.74, 6) is -8.52. The Morgan fingerprint density at radius 1 is 0.943 bits per heavy atom. The van der Waals surface area contributed by atoms with E-state index in [1.54, 1.807) is 18.2 Å². The van der Waals surface area contributed by atoms with E-state index in [1.807, 2.05) is 0 Å². The molecule has 0 unspecified atom stereocenters. The lowest BCUT2D eigenvalue weighted by Crippen LogP contribution is -2.13. The predicted octanol–water partition coefficient (Wildman–Crippen LogP) is 6.11. The Kier molecular flexibility index (Phi) is 7.02. The summed E-state index contributed by atoms with van der Waals surface area (Å²) in [7, 11) is 0. The van der Waals surface area contributed by atoms with E-state index in [0.29, 0.717) is 11.1 Å². The van der Waals surface area contributed by atoms with E-state index < -0.39 is 47.3 Å². The van der Waals surface area contributed by atoms with Crippen molar-refractivity contribution in [2.24, 2.45) is 0 Å². The molecule has 11 heteroatoms. The summed E-state index contributed by atoms with van der Waals surface area (Å²) in [6.07, 6.45) is 1.44. The summed E-state index contributed by atoms with van der Waals surface area (Å²) >= 11 is 6.13. The van der Waals surface area contributed by atoms with Crippen molar-refractivity contribution in [1.29, 1.82) is 0 Å². The second-order valence-electron chi connectivity index (χ2n) is 7.35. The zero-order valence-corrected chi connectivity index (χ0v) is 18.4. The highest BCUT2D eigenvalue weighted by Crippen LogP contribution is 2.27. The number of carbonyl (C=O) groups is 1. The van der Waals surface area contributed by atoms with Crippen molar-refractivity contribution in [3.05, 3.63) is 112 Å². The van der Waals surface area contributed by atoms with Crippen LogP contribution < -0.4 is 10.1 Å². The van der Waals surface area contributed by atoms with Crippen molar-refractivity contribution in [2.45, 2.75) is 13.2 Å². The van der Waals surface area contributed by atoms with Crippen molar-refractivity contribution in [3.8, 4) is 5.75 Å². The zero-order chi connectivity index (χ0) is 25.1. The maximum atomic E-state index is 13.8. The van der Waals surface area contributed by atoms with Crippen molar-refractivity contribution >= 4 is 23.3 Å². The number of carbonyl (C=O) groups excluding carboxylic acids is 1. The lowest BCUT2D eigenvalue weighted by molar-refractivity contribution is 0.102. The first-order valence-electron chi connectivity index (χ1n) is 10.1. The molecule has 0 atom stereocenters. The summed E-state index contributed by atoms with van der Waals surface area (Å²) in [5, 5.41) is 6.84.